The quantitative estimate of drug-likeness (QED) is 0.613. The van der Waals surface area contributed by atoms with Gasteiger partial charge in [-0.05, 0) is 6.92 Å². The maximum atomic E-state index is 11.8. The molecule has 1 fully saturated rings. The first-order valence-corrected chi connectivity index (χ1v) is 5.88. The normalized spacial score (nSPS) is 31.7. The Hall–Kier alpha value is -0.420. The molecule has 0 aliphatic carbocycles. The van der Waals surface area contributed by atoms with Crippen LogP contribution in [0.2, 0.25) is 0 Å². The summed E-state index contributed by atoms with van der Waals surface area (Å²) < 4.78 is -0.369. The minimum atomic E-state index is -0.999. The number of nitrogens with zero attached hydrogens (tertiary/aromatic N) is 1. The predicted molar refractivity (Wildman–Crippen MR) is 55.3 cm³/mol. The van der Waals surface area contributed by atoms with Gasteiger partial charge in [0.15, 0.2) is 0 Å². The van der Waals surface area contributed by atoms with Crippen molar-refractivity contribution in [3.63, 3.8) is 0 Å². The number of imide groups is 1. The predicted octanol–water partition coefficient (Wildman–Crippen LogP) is 1.98. The summed E-state index contributed by atoms with van der Waals surface area (Å²) in [6.07, 6.45) is 0.930. The van der Waals surface area contributed by atoms with E-state index in [0.29, 0.717) is 11.9 Å². The van der Waals surface area contributed by atoms with Crippen molar-refractivity contribution < 1.29 is 19.2 Å². The summed E-state index contributed by atoms with van der Waals surface area (Å²) in [5.41, 5.74) is 0. The zero-order valence-electron chi connectivity index (χ0n) is 8.20. The summed E-state index contributed by atoms with van der Waals surface area (Å²) in [4.78, 5) is 23.0. The number of halogens is 1. The van der Waals surface area contributed by atoms with Crippen LogP contribution in [0.5, 0.6) is 0 Å². The lowest BCUT2D eigenvalue weighted by molar-refractivity contribution is -0.792. The van der Waals surface area contributed by atoms with E-state index >= 15 is 0 Å². The summed E-state index contributed by atoms with van der Waals surface area (Å²) in [7, 11) is 0. The molecule has 0 spiro atoms. The number of hydrogen-bond donors (Lipinski definition) is 1. The lowest BCUT2D eigenvalue weighted by Crippen LogP contribution is -2.58. The van der Waals surface area contributed by atoms with Crippen LogP contribution in [0.1, 0.15) is 26.2 Å². The first kappa shape index (κ1) is 11.7. The third kappa shape index (κ3) is 1.70. The molecule has 0 aromatic carbocycles. The number of carbonyl (C=O) groups is 2. The number of alkyl halides is 1. The Morgan fingerprint density at radius 1 is 1.57 bits per heavy atom. The monoisotopic (exact) mass is 264 g/mol. The Labute approximate surface area is 91.6 Å². The number of hydrogen-bond acceptors (Lipinski definition) is 2. The van der Waals surface area contributed by atoms with Crippen molar-refractivity contribution in [3.8, 4) is 0 Å². The average Bonchev–Trinajstić information content (AvgIpc) is 2.48. The van der Waals surface area contributed by atoms with Gasteiger partial charge < -0.3 is 5.11 Å². The number of quaternary nitrogens is 1. The van der Waals surface area contributed by atoms with E-state index in [1.807, 2.05) is 6.92 Å². The maximum absolute atomic E-state index is 11.8. The molecule has 5 heteroatoms. The fourth-order valence-corrected chi connectivity index (χ4v) is 2.46. The van der Waals surface area contributed by atoms with Crippen molar-refractivity contribution in [3.05, 3.63) is 0 Å². The van der Waals surface area contributed by atoms with E-state index in [0.717, 1.165) is 12.8 Å². The van der Waals surface area contributed by atoms with Gasteiger partial charge in [0.25, 0.3) is 0 Å². The van der Waals surface area contributed by atoms with Crippen molar-refractivity contribution in [2.75, 3.05) is 11.9 Å². The molecule has 1 saturated heterocycles. The van der Waals surface area contributed by atoms with Crippen molar-refractivity contribution >= 4 is 27.9 Å². The molecule has 1 rings (SSSR count). The first-order valence-electron chi connectivity index (χ1n) is 4.76. The van der Waals surface area contributed by atoms with Gasteiger partial charge in [-0.2, -0.15) is 9.28 Å². The second-order valence-corrected chi connectivity index (χ2v) is 4.49. The molecule has 80 valence electrons. The van der Waals surface area contributed by atoms with Gasteiger partial charge >= 0.3 is 12.0 Å². The minimum absolute atomic E-state index is 0.0842. The van der Waals surface area contributed by atoms with Gasteiger partial charge in [-0.25, -0.2) is 4.79 Å². The van der Waals surface area contributed by atoms with Crippen LogP contribution in [0.3, 0.4) is 0 Å². The molecule has 2 atom stereocenters. The van der Waals surface area contributed by atoms with E-state index < -0.39 is 6.09 Å². The van der Waals surface area contributed by atoms with Crippen molar-refractivity contribution in [2.24, 2.45) is 0 Å². The van der Waals surface area contributed by atoms with Gasteiger partial charge in [-0.15, -0.1) is 0 Å². The zero-order chi connectivity index (χ0) is 10.8. The highest BCUT2D eigenvalue weighted by atomic mass is 79.9. The van der Waals surface area contributed by atoms with Crippen molar-refractivity contribution in [1.82, 2.24) is 0 Å². The Kier molecular flexibility index (Phi) is 3.66. The van der Waals surface area contributed by atoms with Crippen LogP contribution < -0.4 is 0 Å². The van der Waals surface area contributed by atoms with Crippen LogP contribution in [0.4, 0.5) is 4.79 Å². The van der Waals surface area contributed by atoms with Crippen LogP contribution in [-0.2, 0) is 4.79 Å². The van der Waals surface area contributed by atoms with Crippen LogP contribution >= 0.6 is 15.9 Å². The second kappa shape index (κ2) is 4.40. The molecule has 0 aromatic rings. The zero-order valence-corrected chi connectivity index (χ0v) is 9.79. The number of rotatable bonds is 2. The fourth-order valence-electron chi connectivity index (χ4n) is 2.12. The van der Waals surface area contributed by atoms with Gasteiger partial charge in [-0.1, -0.05) is 15.9 Å². The highest BCUT2D eigenvalue weighted by Gasteiger charge is 2.52. The highest BCUT2D eigenvalue weighted by molar-refractivity contribution is 9.09. The number of carbonyl (C=O) groups excluding carboxylic acids is 1. The summed E-state index contributed by atoms with van der Waals surface area (Å²) in [5, 5.41) is 9.70. The molecule has 14 heavy (non-hydrogen) atoms. The molecular weight excluding hydrogens is 250 g/mol. The first-order chi connectivity index (χ1) is 6.55. The Bertz CT molecular complexity index is 256. The summed E-state index contributed by atoms with van der Waals surface area (Å²) in [6.45, 7) is 2.29. The van der Waals surface area contributed by atoms with Crippen LogP contribution in [-0.4, -0.2) is 39.5 Å². The third-order valence-corrected chi connectivity index (χ3v) is 3.38. The summed E-state index contributed by atoms with van der Waals surface area (Å²) in [6, 6.07) is -0.0842. The van der Waals surface area contributed by atoms with E-state index in [9.17, 15) is 9.59 Å². The topological polar surface area (TPSA) is 54.4 Å². The largest absolute Gasteiger partial charge is 0.521 e. The molecule has 2 amide bonds. The molecule has 4 nitrogen and oxygen atoms in total. The number of carboxylic acid groups (broad SMARTS) is 1. The molecule has 1 unspecified atom stereocenters. The molecule has 0 bridgehead atoms. The van der Waals surface area contributed by atoms with E-state index in [1.165, 1.54) is 0 Å². The molecule has 0 radical (unpaired) electrons. The molecule has 1 aliphatic rings. The Morgan fingerprint density at radius 2 is 2.21 bits per heavy atom. The van der Waals surface area contributed by atoms with Gasteiger partial charge in [0.2, 0.25) is 0 Å². The Morgan fingerprint density at radius 3 is 2.57 bits per heavy atom. The average molecular weight is 265 g/mol. The van der Waals surface area contributed by atoms with Crippen molar-refractivity contribution in [2.45, 2.75) is 32.2 Å². The van der Waals surface area contributed by atoms with Crippen LogP contribution in [0.25, 0.3) is 0 Å². The molecule has 0 saturated carbocycles. The third-order valence-electron chi connectivity index (χ3n) is 2.98. The number of amides is 2. The standard InChI is InChI=1S/C9H14BrNO3/c1-7-3-2-6-11(7,9(13)14)8(12)4-5-10/h7H,2-6H2,1H3/p+1/t7-,11?/m1/s1. The minimum Gasteiger partial charge on any atom is -0.435 e. The lowest BCUT2D eigenvalue weighted by atomic mass is 10.2. The summed E-state index contributed by atoms with van der Waals surface area (Å²) in [5.74, 6) is -0.181. The van der Waals surface area contributed by atoms with Crippen LogP contribution in [0, 0.1) is 0 Å². The molecule has 1 heterocycles. The Balaban J connectivity index is 2.92. The van der Waals surface area contributed by atoms with E-state index in [-0.39, 0.29) is 22.9 Å². The highest BCUT2D eigenvalue weighted by Crippen LogP contribution is 2.28. The number of likely N-dealkylation sites (tertiary alicyclic amines) is 1. The second-order valence-electron chi connectivity index (χ2n) is 3.70. The fraction of sp³-hybridized carbons (Fsp3) is 0.778. The van der Waals surface area contributed by atoms with Crippen LogP contribution in [0.15, 0.2) is 0 Å². The smallest absolute Gasteiger partial charge is 0.435 e. The molecular formula is C9H15BrNO3+. The van der Waals surface area contributed by atoms with Gasteiger partial charge in [0.1, 0.15) is 6.04 Å². The van der Waals surface area contributed by atoms with E-state index in [2.05, 4.69) is 15.9 Å². The van der Waals surface area contributed by atoms with Gasteiger partial charge in [0, 0.05) is 18.2 Å². The van der Waals surface area contributed by atoms with E-state index in [1.54, 1.807) is 0 Å². The van der Waals surface area contributed by atoms with E-state index in [4.69, 9.17) is 5.11 Å². The molecule has 0 aromatic heterocycles. The molecule has 1 aliphatic heterocycles. The SMILES string of the molecule is C[C@@H]1CCC[N+]1(C(=O)O)C(=O)CCBr. The summed E-state index contributed by atoms with van der Waals surface area (Å²) >= 11 is 3.17. The van der Waals surface area contributed by atoms with Gasteiger partial charge in [0.05, 0.1) is 13.0 Å². The lowest BCUT2D eigenvalue weighted by Gasteiger charge is -2.29. The molecule has 1 N–H and O–H groups in total. The van der Waals surface area contributed by atoms with Gasteiger partial charge in [-0.3, -0.25) is 0 Å². The van der Waals surface area contributed by atoms with Crippen molar-refractivity contribution in [1.29, 1.82) is 0 Å². The maximum Gasteiger partial charge on any atom is 0.521 e.